The molecule has 0 fully saturated rings. The van der Waals surface area contributed by atoms with Gasteiger partial charge in [-0.1, -0.05) is 24.3 Å². The smallest absolute Gasteiger partial charge is 0.159 e. The Morgan fingerprint density at radius 3 is 2.05 bits per heavy atom. The first kappa shape index (κ1) is 16.2. The monoisotopic (exact) mass is 361 g/mol. The predicted molar refractivity (Wildman–Crippen MR) is 89.6 cm³/mol. The van der Waals surface area contributed by atoms with Gasteiger partial charge in [-0.25, -0.2) is 0 Å². The number of nitrogens with one attached hydrogen (secondary N) is 1. The molecule has 0 aliphatic rings. The Kier molecular flexibility index (Phi) is 4.98. The van der Waals surface area contributed by atoms with Crippen LogP contribution >= 0.6 is 15.9 Å². The van der Waals surface area contributed by atoms with E-state index in [9.17, 15) is 4.79 Å². The molecule has 2 rings (SSSR count). The van der Waals surface area contributed by atoms with E-state index in [1.165, 1.54) is 6.92 Å². The van der Waals surface area contributed by atoms with E-state index in [4.69, 9.17) is 14.9 Å². The van der Waals surface area contributed by atoms with Crippen molar-refractivity contribution < 1.29 is 14.3 Å². The third kappa shape index (κ3) is 3.20. The van der Waals surface area contributed by atoms with Gasteiger partial charge in [-0.2, -0.15) is 0 Å². The molecule has 1 N–H and O–H groups in total. The van der Waals surface area contributed by atoms with Crippen molar-refractivity contribution in [2.24, 2.45) is 0 Å². The lowest BCUT2D eigenvalue weighted by molar-refractivity contribution is 0.101. The summed E-state index contributed by atoms with van der Waals surface area (Å²) in [5.74, 6) is 1.20. The number of carbonyl (C=O) groups is 1. The topological polar surface area (TPSA) is 59.4 Å². The third-order valence-corrected chi connectivity index (χ3v) is 3.94. The Morgan fingerprint density at radius 2 is 1.55 bits per heavy atom. The van der Waals surface area contributed by atoms with Crippen LogP contribution in [0.15, 0.2) is 40.9 Å². The van der Waals surface area contributed by atoms with Crippen molar-refractivity contribution in [3.63, 3.8) is 0 Å². The minimum Gasteiger partial charge on any atom is -0.496 e. The maximum atomic E-state index is 11.3. The number of carbonyl (C=O) groups excluding carboxylic acids is 1. The van der Waals surface area contributed by atoms with E-state index < -0.39 is 0 Å². The largest absolute Gasteiger partial charge is 0.496 e. The molecule has 0 bridgehead atoms. The zero-order chi connectivity index (χ0) is 16.3. The maximum absolute atomic E-state index is 11.3. The van der Waals surface area contributed by atoms with Gasteiger partial charge in [0.25, 0.3) is 0 Å². The molecule has 0 saturated carbocycles. The van der Waals surface area contributed by atoms with Crippen LogP contribution in [-0.4, -0.2) is 25.7 Å². The fourth-order valence-corrected chi connectivity index (χ4v) is 2.59. The fraction of sp³-hybridized carbons (Fsp3) is 0.176. The Bertz CT molecular complexity index is 723. The average Bonchev–Trinajstić information content (AvgIpc) is 2.54. The molecule has 0 spiro atoms. The van der Waals surface area contributed by atoms with Crippen LogP contribution in [0.2, 0.25) is 0 Å². The van der Waals surface area contributed by atoms with Gasteiger partial charge in [-0.05, 0) is 28.9 Å². The molecule has 22 heavy (non-hydrogen) atoms. The van der Waals surface area contributed by atoms with Crippen LogP contribution in [0.25, 0.3) is 0 Å². The molecule has 4 nitrogen and oxygen atoms in total. The Labute approximate surface area is 137 Å². The number of ketones is 1. The van der Waals surface area contributed by atoms with Crippen LogP contribution in [0.4, 0.5) is 0 Å². The van der Waals surface area contributed by atoms with E-state index in [1.54, 1.807) is 50.6 Å². The summed E-state index contributed by atoms with van der Waals surface area (Å²) in [5.41, 5.74) is 2.29. The molecular formula is C17H16BrNO3. The van der Waals surface area contributed by atoms with E-state index in [1.807, 2.05) is 0 Å². The molecule has 0 saturated heterocycles. The quantitative estimate of drug-likeness (QED) is 0.644. The van der Waals surface area contributed by atoms with Crippen molar-refractivity contribution in [2.45, 2.75) is 6.92 Å². The van der Waals surface area contributed by atoms with Crippen LogP contribution in [-0.2, 0) is 0 Å². The maximum Gasteiger partial charge on any atom is 0.159 e. The lowest BCUT2D eigenvalue weighted by Crippen LogP contribution is -2.05. The van der Waals surface area contributed by atoms with Crippen LogP contribution < -0.4 is 9.47 Å². The molecule has 0 aliphatic carbocycles. The van der Waals surface area contributed by atoms with Crippen molar-refractivity contribution in [3.05, 3.63) is 57.6 Å². The minimum absolute atomic E-state index is 0.00264. The summed E-state index contributed by atoms with van der Waals surface area (Å²) in [6, 6.07) is 10.5. The van der Waals surface area contributed by atoms with E-state index >= 15 is 0 Å². The second-order valence-corrected chi connectivity index (χ2v) is 5.55. The first-order valence-corrected chi connectivity index (χ1v) is 7.39. The zero-order valence-electron chi connectivity index (χ0n) is 12.6. The van der Waals surface area contributed by atoms with Gasteiger partial charge in [0.15, 0.2) is 5.78 Å². The SMILES string of the molecule is COc1cc(OC)c(C(=N)c2ccc(C(C)=O)cc2)cc1Br. The van der Waals surface area contributed by atoms with Crippen molar-refractivity contribution in [1.29, 1.82) is 5.41 Å². The number of halogens is 1. The fourth-order valence-electron chi connectivity index (χ4n) is 2.08. The lowest BCUT2D eigenvalue weighted by atomic mass is 9.99. The molecule has 0 radical (unpaired) electrons. The standard InChI is InChI=1S/C17H16BrNO3/c1-10(20)11-4-6-12(7-5-11)17(19)13-8-14(18)16(22-3)9-15(13)21-2/h4-9,19H,1-3H3. The summed E-state index contributed by atoms with van der Waals surface area (Å²) >= 11 is 3.42. The van der Waals surface area contributed by atoms with Crippen molar-refractivity contribution >= 4 is 27.4 Å². The number of Topliss-reactive ketones (excluding diaryl/α,β-unsaturated/α-hetero) is 1. The molecule has 5 heteroatoms. The number of benzene rings is 2. The number of hydrogen-bond donors (Lipinski definition) is 1. The average molecular weight is 362 g/mol. The molecule has 0 aromatic heterocycles. The van der Waals surface area contributed by atoms with E-state index in [0.29, 0.717) is 33.9 Å². The van der Waals surface area contributed by atoms with Crippen molar-refractivity contribution in [1.82, 2.24) is 0 Å². The molecule has 2 aromatic rings. The third-order valence-electron chi connectivity index (χ3n) is 3.32. The lowest BCUT2D eigenvalue weighted by Gasteiger charge is -2.13. The molecule has 0 amide bonds. The highest BCUT2D eigenvalue weighted by molar-refractivity contribution is 9.10. The molecule has 0 unspecified atom stereocenters. The number of hydrogen-bond acceptors (Lipinski definition) is 4. The van der Waals surface area contributed by atoms with E-state index in [2.05, 4.69) is 15.9 Å². The van der Waals surface area contributed by atoms with Crippen LogP contribution in [0, 0.1) is 5.41 Å². The van der Waals surface area contributed by atoms with E-state index in [0.717, 1.165) is 4.47 Å². The summed E-state index contributed by atoms with van der Waals surface area (Å²) in [6.45, 7) is 1.52. The molecule has 0 heterocycles. The summed E-state index contributed by atoms with van der Waals surface area (Å²) in [5, 5.41) is 8.39. The first-order chi connectivity index (χ1) is 10.5. The molecule has 0 atom stereocenters. The van der Waals surface area contributed by atoms with Gasteiger partial charge in [0, 0.05) is 22.8 Å². The summed E-state index contributed by atoms with van der Waals surface area (Å²) in [6.07, 6.45) is 0. The molecule has 0 aliphatic heterocycles. The van der Waals surface area contributed by atoms with Crippen LogP contribution in [0.1, 0.15) is 28.4 Å². The second-order valence-electron chi connectivity index (χ2n) is 4.70. The highest BCUT2D eigenvalue weighted by Gasteiger charge is 2.15. The molecule has 2 aromatic carbocycles. The molecular weight excluding hydrogens is 346 g/mol. The van der Waals surface area contributed by atoms with Crippen LogP contribution in [0.5, 0.6) is 11.5 Å². The van der Waals surface area contributed by atoms with Gasteiger partial charge in [0.05, 0.1) is 24.4 Å². The van der Waals surface area contributed by atoms with Gasteiger partial charge in [0.2, 0.25) is 0 Å². The predicted octanol–water partition coefficient (Wildman–Crippen LogP) is 4.09. The number of rotatable bonds is 5. The van der Waals surface area contributed by atoms with Gasteiger partial charge in [-0.15, -0.1) is 0 Å². The van der Waals surface area contributed by atoms with Gasteiger partial charge in [-0.3, -0.25) is 10.2 Å². The highest BCUT2D eigenvalue weighted by Crippen LogP contribution is 2.34. The van der Waals surface area contributed by atoms with Gasteiger partial charge in [0.1, 0.15) is 11.5 Å². The first-order valence-electron chi connectivity index (χ1n) is 6.59. The molecule has 114 valence electrons. The van der Waals surface area contributed by atoms with Gasteiger partial charge >= 0.3 is 0 Å². The normalized spacial score (nSPS) is 10.2. The second kappa shape index (κ2) is 6.75. The Hall–Kier alpha value is -2.14. The Morgan fingerprint density at radius 1 is 1.00 bits per heavy atom. The Balaban J connectivity index is 2.44. The highest BCUT2D eigenvalue weighted by atomic mass is 79.9. The van der Waals surface area contributed by atoms with Crippen molar-refractivity contribution in [2.75, 3.05) is 14.2 Å². The zero-order valence-corrected chi connectivity index (χ0v) is 14.2. The van der Waals surface area contributed by atoms with E-state index in [-0.39, 0.29) is 5.78 Å². The summed E-state index contributed by atoms with van der Waals surface area (Å²) < 4.78 is 11.3. The number of methoxy groups -OCH3 is 2. The van der Waals surface area contributed by atoms with Crippen molar-refractivity contribution in [3.8, 4) is 11.5 Å². The summed E-state index contributed by atoms with van der Waals surface area (Å²) in [4.78, 5) is 11.3. The van der Waals surface area contributed by atoms with Crippen LogP contribution in [0.3, 0.4) is 0 Å². The minimum atomic E-state index is 0.00264. The number of ether oxygens (including phenoxy) is 2. The summed E-state index contributed by atoms with van der Waals surface area (Å²) in [7, 11) is 3.13. The van der Waals surface area contributed by atoms with Gasteiger partial charge < -0.3 is 9.47 Å².